The molecule has 15 heavy (non-hydrogen) atoms. The quantitative estimate of drug-likeness (QED) is 0.735. The van der Waals surface area contributed by atoms with Crippen molar-refractivity contribution in [2.24, 2.45) is 0 Å². The van der Waals surface area contributed by atoms with Gasteiger partial charge in [-0.15, -0.1) is 0 Å². The zero-order valence-corrected chi connectivity index (χ0v) is 8.28. The van der Waals surface area contributed by atoms with Crippen LogP contribution in [0.15, 0.2) is 30.6 Å². The van der Waals surface area contributed by atoms with E-state index in [4.69, 9.17) is 11.6 Å². The standard InChI is InChI=1S/C10H6ClFN2O/c11-10-9(5-15)14(6-13-10)8-3-1-7(12)2-4-8/h1-6H. The van der Waals surface area contributed by atoms with E-state index < -0.39 is 0 Å². The van der Waals surface area contributed by atoms with Crippen LogP contribution < -0.4 is 0 Å². The van der Waals surface area contributed by atoms with Crippen molar-refractivity contribution in [3.05, 3.63) is 47.3 Å². The fourth-order valence-corrected chi connectivity index (χ4v) is 1.43. The van der Waals surface area contributed by atoms with Crippen LogP contribution in [-0.2, 0) is 0 Å². The Morgan fingerprint density at radius 2 is 2.00 bits per heavy atom. The zero-order valence-electron chi connectivity index (χ0n) is 7.52. The minimum Gasteiger partial charge on any atom is -0.296 e. The highest BCUT2D eigenvalue weighted by Gasteiger charge is 2.08. The number of carbonyl (C=O) groups excluding carboxylic acids is 1. The van der Waals surface area contributed by atoms with Crippen molar-refractivity contribution < 1.29 is 9.18 Å². The minimum absolute atomic E-state index is 0.134. The highest BCUT2D eigenvalue weighted by Crippen LogP contribution is 2.17. The van der Waals surface area contributed by atoms with Crippen LogP contribution in [0.1, 0.15) is 10.5 Å². The smallest absolute Gasteiger partial charge is 0.170 e. The van der Waals surface area contributed by atoms with Gasteiger partial charge in [0.1, 0.15) is 17.8 Å². The van der Waals surface area contributed by atoms with Crippen LogP contribution in [0.4, 0.5) is 4.39 Å². The molecule has 5 heteroatoms. The average Bonchev–Trinajstić information content (AvgIpc) is 2.61. The minimum atomic E-state index is -0.336. The Bertz CT molecular complexity index is 493. The summed E-state index contributed by atoms with van der Waals surface area (Å²) in [6, 6.07) is 5.69. The highest BCUT2D eigenvalue weighted by molar-refractivity contribution is 6.31. The summed E-state index contributed by atoms with van der Waals surface area (Å²) in [5.74, 6) is -0.336. The average molecular weight is 225 g/mol. The normalized spacial score (nSPS) is 10.3. The second kappa shape index (κ2) is 3.82. The first-order chi connectivity index (χ1) is 7.22. The van der Waals surface area contributed by atoms with E-state index in [-0.39, 0.29) is 16.7 Å². The van der Waals surface area contributed by atoms with Crippen LogP contribution in [0.25, 0.3) is 5.69 Å². The van der Waals surface area contributed by atoms with E-state index in [2.05, 4.69) is 4.98 Å². The molecule has 1 heterocycles. The summed E-state index contributed by atoms with van der Waals surface area (Å²) in [7, 11) is 0. The third kappa shape index (κ3) is 1.76. The number of aromatic nitrogens is 2. The van der Waals surface area contributed by atoms with Crippen molar-refractivity contribution in [2.75, 3.05) is 0 Å². The Kier molecular flexibility index (Phi) is 2.51. The molecule has 0 bridgehead atoms. The monoisotopic (exact) mass is 224 g/mol. The van der Waals surface area contributed by atoms with Crippen molar-refractivity contribution in [2.45, 2.75) is 0 Å². The third-order valence-electron chi connectivity index (χ3n) is 1.97. The van der Waals surface area contributed by atoms with Crippen LogP contribution in [0.3, 0.4) is 0 Å². The molecule has 0 aliphatic rings. The number of hydrogen-bond donors (Lipinski definition) is 0. The number of benzene rings is 1. The summed E-state index contributed by atoms with van der Waals surface area (Å²) in [5.41, 5.74) is 0.890. The maximum absolute atomic E-state index is 12.7. The van der Waals surface area contributed by atoms with Gasteiger partial charge in [-0.3, -0.25) is 9.36 Å². The maximum atomic E-state index is 12.7. The van der Waals surface area contributed by atoms with E-state index in [1.165, 1.54) is 23.0 Å². The van der Waals surface area contributed by atoms with Crippen LogP contribution in [-0.4, -0.2) is 15.8 Å². The number of aldehydes is 1. The zero-order chi connectivity index (χ0) is 10.8. The van der Waals surface area contributed by atoms with E-state index >= 15 is 0 Å². The van der Waals surface area contributed by atoms with Crippen LogP contribution >= 0.6 is 11.6 Å². The molecule has 2 rings (SSSR count). The molecule has 1 aromatic heterocycles. The SMILES string of the molecule is O=Cc1c(Cl)ncn1-c1ccc(F)cc1. The number of carbonyl (C=O) groups is 1. The van der Waals surface area contributed by atoms with Gasteiger partial charge >= 0.3 is 0 Å². The lowest BCUT2D eigenvalue weighted by atomic mass is 10.3. The molecule has 0 unspecified atom stereocenters. The second-order valence-corrected chi connectivity index (χ2v) is 3.24. The van der Waals surface area contributed by atoms with E-state index in [1.54, 1.807) is 12.1 Å². The molecule has 0 aliphatic heterocycles. The number of imidazole rings is 1. The van der Waals surface area contributed by atoms with Crippen molar-refractivity contribution in [1.82, 2.24) is 9.55 Å². The molecule has 0 aliphatic carbocycles. The first-order valence-electron chi connectivity index (χ1n) is 4.16. The van der Waals surface area contributed by atoms with E-state index in [9.17, 15) is 9.18 Å². The number of hydrogen-bond acceptors (Lipinski definition) is 2. The summed E-state index contributed by atoms with van der Waals surface area (Å²) in [6.45, 7) is 0. The number of nitrogens with zero attached hydrogens (tertiary/aromatic N) is 2. The van der Waals surface area contributed by atoms with E-state index in [0.717, 1.165) is 0 Å². The largest absolute Gasteiger partial charge is 0.296 e. The summed E-state index contributed by atoms with van der Waals surface area (Å²) < 4.78 is 14.2. The summed E-state index contributed by atoms with van der Waals surface area (Å²) in [4.78, 5) is 14.5. The Hall–Kier alpha value is -1.68. The number of halogens is 2. The molecule has 0 spiro atoms. The Morgan fingerprint density at radius 3 is 2.60 bits per heavy atom. The molecule has 3 nitrogen and oxygen atoms in total. The molecule has 1 aromatic carbocycles. The molecular weight excluding hydrogens is 219 g/mol. The Labute approximate surface area is 90.1 Å². The lowest BCUT2D eigenvalue weighted by Gasteiger charge is -2.03. The van der Waals surface area contributed by atoms with Gasteiger partial charge < -0.3 is 0 Å². The van der Waals surface area contributed by atoms with Crippen molar-refractivity contribution >= 4 is 17.9 Å². The van der Waals surface area contributed by atoms with E-state index in [0.29, 0.717) is 12.0 Å². The molecule has 0 fully saturated rings. The van der Waals surface area contributed by atoms with E-state index in [1.807, 2.05) is 0 Å². The van der Waals surface area contributed by atoms with Gasteiger partial charge in [-0.2, -0.15) is 0 Å². The fraction of sp³-hybridized carbons (Fsp3) is 0. The lowest BCUT2D eigenvalue weighted by Crippen LogP contribution is -1.97. The summed E-state index contributed by atoms with van der Waals surface area (Å²) in [5, 5.41) is 0.134. The second-order valence-electron chi connectivity index (χ2n) is 2.88. The van der Waals surface area contributed by atoms with Gasteiger partial charge in [0.05, 0.1) is 0 Å². The Balaban J connectivity index is 2.53. The molecule has 2 aromatic rings. The lowest BCUT2D eigenvalue weighted by molar-refractivity contribution is 0.111. The molecule has 76 valence electrons. The van der Waals surface area contributed by atoms with Gasteiger partial charge in [-0.1, -0.05) is 11.6 Å². The van der Waals surface area contributed by atoms with Gasteiger partial charge in [-0.05, 0) is 24.3 Å². The number of rotatable bonds is 2. The van der Waals surface area contributed by atoms with Crippen molar-refractivity contribution in [3.8, 4) is 5.69 Å². The molecule has 0 atom stereocenters. The third-order valence-corrected chi connectivity index (χ3v) is 2.27. The molecule has 0 saturated heterocycles. The van der Waals surface area contributed by atoms with Gasteiger partial charge in [-0.25, -0.2) is 9.37 Å². The van der Waals surface area contributed by atoms with Crippen molar-refractivity contribution in [3.63, 3.8) is 0 Å². The first-order valence-corrected chi connectivity index (χ1v) is 4.54. The molecular formula is C10H6ClFN2O. The van der Waals surface area contributed by atoms with Gasteiger partial charge in [0, 0.05) is 5.69 Å². The van der Waals surface area contributed by atoms with Crippen LogP contribution in [0.5, 0.6) is 0 Å². The summed E-state index contributed by atoms with van der Waals surface area (Å²) >= 11 is 5.69. The maximum Gasteiger partial charge on any atom is 0.170 e. The predicted octanol–water partition coefficient (Wildman–Crippen LogP) is 2.48. The Morgan fingerprint density at radius 1 is 1.33 bits per heavy atom. The molecule has 0 saturated carbocycles. The fourth-order valence-electron chi connectivity index (χ4n) is 1.25. The van der Waals surface area contributed by atoms with Gasteiger partial charge in [0.15, 0.2) is 11.4 Å². The van der Waals surface area contributed by atoms with Gasteiger partial charge in [0.2, 0.25) is 0 Å². The first kappa shape index (κ1) is 9.86. The molecule has 0 N–H and O–H groups in total. The topological polar surface area (TPSA) is 34.9 Å². The summed E-state index contributed by atoms with van der Waals surface area (Å²) in [6.07, 6.45) is 2.03. The molecule has 0 amide bonds. The van der Waals surface area contributed by atoms with Crippen molar-refractivity contribution in [1.29, 1.82) is 0 Å². The van der Waals surface area contributed by atoms with Gasteiger partial charge in [0.25, 0.3) is 0 Å². The molecule has 0 radical (unpaired) electrons. The predicted molar refractivity (Wildman–Crippen MR) is 53.9 cm³/mol. The van der Waals surface area contributed by atoms with Crippen LogP contribution in [0.2, 0.25) is 5.15 Å². The van der Waals surface area contributed by atoms with Crippen LogP contribution in [0, 0.1) is 5.82 Å². The highest BCUT2D eigenvalue weighted by atomic mass is 35.5.